The first-order chi connectivity index (χ1) is 16.5. The highest BCUT2D eigenvalue weighted by Gasteiger charge is 2.30. The van der Waals surface area contributed by atoms with Crippen molar-refractivity contribution in [2.24, 2.45) is 0 Å². The van der Waals surface area contributed by atoms with Crippen molar-refractivity contribution in [2.75, 3.05) is 26.4 Å². The number of carbonyl (C=O) groups is 3. The van der Waals surface area contributed by atoms with Gasteiger partial charge in [0.05, 0.1) is 6.61 Å². The molecule has 4 rings (SSSR count). The second kappa shape index (κ2) is 11.0. The van der Waals surface area contributed by atoms with E-state index in [-0.39, 0.29) is 25.7 Å². The summed E-state index contributed by atoms with van der Waals surface area (Å²) in [5.74, 6) is -1.60. The van der Waals surface area contributed by atoms with E-state index in [9.17, 15) is 14.4 Å². The van der Waals surface area contributed by atoms with Crippen molar-refractivity contribution in [1.82, 2.24) is 10.6 Å². The van der Waals surface area contributed by atoms with Crippen LogP contribution >= 0.6 is 11.3 Å². The molecule has 1 heterocycles. The van der Waals surface area contributed by atoms with Gasteiger partial charge in [0, 0.05) is 17.3 Å². The van der Waals surface area contributed by atoms with Crippen LogP contribution in [0.15, 0.2) is 66.0 Å². The summed E-state index contributed by atoms with van der Waals surface area (Å²) >= 11 is 1.33. The molecule has 176 valence electrons. The van der Waals surface area contributed by atoms with Gasteiger partial charge < -0.3 is 25.2 Å². The van der Waals surface area contributed by atoms with Crippen LogP contribution in [0.3, 0.4) is 0 Å². The van der Waals surface area contributed by atoms with Crippen LogP contribution < -0.4 is 10.6 Å². The van der Waals surface area contributed by atoms with Crippen LogP contribution in [-0.2, 0) is 19.1 Å². The number of fused-ring (bicyclic) bond motifs is 3. The normalized spacial score (nSPS) is 12.9. The second-order valence-electron chi connectivity index (χ2n) is 7.66. The lowest BCUT2D eigenvalue weighted by atomic mass is 9.98. The van der Waals surface area contributed by atoms with Crippen LogP contribution in [-0.4, -0.2) is 49.4 Å². The van der Waals surface area contributed by atoms with E-state index in [4.69, 9.17) is 14.6 Å². The van der Waals surface area contributed by atoms with E-state index in [1.807, 2.05) is 41.8 Å². The molecular weight excluding hydrogens is 456 g/mol. The molecule has 3 N–H and O–H groups in total. The van der Waals surface area contributed by atoms with E-state index in [0.29, 0.717) is 4.88 Å². The molecule has 0 aliphatic heterocycles. The number of carboxylic acid groups (broad SMARTS) is 1. The predicted molar refractivity (Wildman–Crippen MR) is 127 cm³/mol. The molecule has 0 saturated carbocycles. The summed E-state index contributed by atoms with van der Waals surface area (Å²) in [6.07, 6.45) is -0.697. The molecule has 1 aromatic heterocycles. The molecular formula is C25H24N2O6S. The number of hydrogen-bond acceptors (Lipinski definition) is 6. The molecule has 0 radical (unpaired) electrons. The molecule has 3 aromatic rings. The number of aliphatic carboxylic acids is 1. The third-order valence-electron chi connectivity index (χ3n) is 5.47. The van der Waals surface area contributed by atoms with E-state index in [2.05, 4.69) is 22.8 Å². The maximum atomic E-state index is 12.7. The number of carboxylic acids is 1. The number of benzene rings is 2. The van der Waals surface area contributed by atoms with E-state index in [1.54, 1.807) is 12.1 Å². The van der Waals surface area contributed by atoms with E-state index in [1.165, 1.54) is 11.3 Å². The zero-order valence-corrected chi connectivity index (χ0v) is 19.0. The SMILES string of the molecule is O=C(O)COCCNC(=O)C(NC(=O)OCC1c2ccccc2-c2ccccc21)c1cccs1. The molecule has 1 aliphatic rings. The number of hydrogen-bond donors (Lipinski definition) is 3. The maximum Gasteiger partial charge on any atom is 0.408 e. The number of alkyl carbamates (subject to hydrolysis) is 1. The molecule has 1 unspecified atom stereocenters. The molecule has 0 saturated heterocycles. The van der Waals surface area contributed by atoms with Crippen LogP contribution in [0.1, 0.15) is 28.0 Å². The summed E-state index contributed by atoms with van der Waals surface area (Å²) in [6.45, 7) is -0.148. The highest BCUT2D eigenvalue weighted by atomic mass is 32.1. The fraction of sp³-hybridized carbons (Fsp3) is 0.240. The minimum absolute atomic E-state index is 0.0418. The van der Waals surface area contributed by atoms with Gasteiger partial charge in [-0.3, -0.25) is 4.79 Å². The number of rotatable bonds is 10. The first-order valence-electron chi connectivity index (χ1n) is 10.8. The average molecular weight is 481 g/mol. The summed E-state index contributed by atoms with van der Waals surface area (Å²) in [4.78, 5) is 36.6. The molecule has 2 amide bonds. The number of ether oxygens (including phenoxy) is 2. The van der Waals surface area contributed by atoms with Gasteiger partial charge in [-0.1, -0.05) is 54.6 Å². The highest BCUT2D eigenvalue weighted by molar-refractivity contribution is 7.10. The lowest BCUT2D eigenvalue weighted by Crippen LogP contribution is -2.41. The second-order valence-corrected chi connectivity index (χ2v) is 8.63. The number of amides is 2. The summed E-state index contributed by atoms with van der Waals surface area (Å²) in [7, 11) is 0. The summed E-state index contributed by atoms with van der Waals surface area (Å²) < 4.78 is 10.5. The monoisotopic (exact) mass is 480 g/mol. The van der Waals surface area contributed by atoms with E-state index < -0.39 is 30.6 Å². The summed E-state index contributed by atoms with van der Waals surface area (Å²) in [5, 5.41) is 15.7. The molecule has 0 fully saturated rings. The fourth-order valence-corrected chi connectivity index (χ4v) is 4.76. The van der Waals surface area contributed by atoms with Gasteiger partial charge in [-0.25, -0.2) is 9.59 Å². The Morgan fingerprint density at radius 1 is 0.971 bits per heavy atom. The fourth-order valence-electron chi connectivity index (χ4n) is 3.99. The van der Waals surface area contributed by atoms with Crippen LogP contribution in [0.2, 0.25) is 0 Å². The zero-order chi connectivity index (χ0) is 23.9. The predicted octanol–water partition coefficient (Wildman–Crippen LogP) is 3.55. The van der Waals surface area contributed by atoms with Crippen LogP contribution in [0, 0.1) is 0 Å². The van der Waals surface area contributed by atoms with Crippen molar-refractivity contribution in [2.45, 2.75) is 12.0 Å². The Morgan fingerprint density at radius 2 is 1.65 bits per heavy atom. The van der Waals surface area contributed by atoms with Crippen molar-refractivity contribution in [3.63, 3.8) is 0 Å². The first-order valence-corrected chi connectivity index (χ1v) is 11.6. The highest BCUT2D eigenvalue weighted by Crippen LogP contribution is 2.44. The van der Waals surface area contributed by atoms with Crippen molar-refractivity contribution in [3.05, 3.63) is 82.0 Å². The Hall–Kier alpha value is -3.69. The van der Waals surface area contributed by atoms with Crippen molar-refractivity contribution in [3.8, 4) is 11.1 Å². The minimum atomic E-state index is -1.08. The number of thiophene rings is 1. The van der Waals surface area contributed by atoms with E-state index in [0.717, 1.165) is 22.3 Å². The summed E-state index contributed by atoms with van der Waals surface area (Å²) in [6, 6.07) is 18.7. The minimum Gasteiger partial charge on any atom is -0.480 e. The molecule has 0 bridgehead atoms. The largest absolute Gasteiger partial charge is 0.480 e. The molecule has 1 aliphatic carbocycles. The van der Waals surface area contributed by atoms with Crippen LogP contribution in [0.25, 0.3) is 11.1 Å². The molecule has 34 heavy (non-hydrogen) atoms. The third kappa shape index (κ3) is 5.44. The Labute approximate surface area is 200 Å². The van der Waals surface area contributed by atoms with Gasteiger partial charge in [-0.15, -0.1) is 11.3 Å². The standard InChI is InChI=1S/C25H24N2O6S/c28-22(29)15-32-12-11-26-24(30)23(21-10-5-13-34-21)27-25(31)33-14-20-18-8-3-1-6-16(18)17-7-2-4-9-19(17)20/h1-10,13,20,23H,11-12,14-15H2,(H,26,30)(H,27,31)(H,28,29). The molecule has 0 spiro atoms. The smallest absolute Gasteiger partial charge is 0.408 e. The van der Waals surface area contributed by atoms with Gasteiger partial charge in [-0.2, -0.15) is 0 Å². The van der Waals surface area contributed by atoms with Gasteiger partial charge in [-0.05, 0) is 33.7 Å². The Balaban J connectivity index is 1.37. The number of nitrogens with one attached hydrogen (secondary N) is 2. The Morgan fingerprint density at radius 3 is 2.26 bits per heavy atom. The number of carbonyl (C=O) groups excluding carboxylic acids is 2. The van der Waals surface area contributed by atoms with Crippen molar-refractivity contribution < 1.29 is 29.0 Å². The van der Waals surface area contributed by atoms with Crippen molar-refractivity contribution in [1.29, 1.82) is 0 Å². The Kier molecular flexibility index (Phi) is 7.56. The van der Waals surface area contributed by atoms with Gasteiger partial charge in [0.1, 0.15) is 19.3 Å². The topological polar surface area (TPSA) is 114 Å². The lowest BCUT2D eigenvalue weighted by molar-refractivity contribution is -0.142. The van der Waals surface area contributed by atoms with Crippen molar-refractivity contribution >= 4 is 29.3 Å². The Bertz CT molecular complexity index is 1120. The van der Waals surface area contributed by atoms with Gasteiger partial charge in [0.2, 0.25) is 5.91 Å². The van der Waals surface area contributed by atoms with E-state index >= 15 is 0 Å². The van der Waals surface area contributed by atoms with Gasteiger partial charge >= 0.3 is 12.1 Å². The average Bonchev–Trinajstić information content (AvgIpc) is 3.47. The third-order valence-corrected chi connectivity index (χ3v) is 6.40. The van der Waals surface area contributed by atoms with Gasteiger partial charge in [0.25, 0.3) is 0 Å². The molecule has 8 nitrogen and oxygen atoms in total. The maximum absolute atomic E-state index is 12.7. The summed E-state index contributed by atoms with van der Waals surface area (Å²) in [5.41, 5.74) is 4.47. The van der Waals surface area contributed by atoms with Crippen LogP contribution in [0.4, 0.5) is 4.79 Å². The molecule has 9 heteroatoms. The zero-order valence-electron chi connectivity index (χ0n) is 18.2. The van der Waals surface area contributed by atoms with Gasteiger partial charge in [0.15, 0.2) is 0 Å². The quantitative estimate of drug-likeness (QED) is 0.383. The first kappa shape index (κ1) is 23.5. The molecule has 1 atom stereocenters. The lowest BCUT2D eigenvalue weighted by Gasteiger charge is -2.19. The van der Waals surface area contributed by atoms with Crippen LogP contribution in [0.5, 0.6) is 0 Å². The molecule has 2 aromatic carbocycles.